The van der Waals surface area contributed by atoms with Crippen LogP contribution in [0.2, 0.25) is 0 Å². The van der Waals surface area contributed by atoms with Crippen molar-refractivity contribution in [3.05, 3.63) is 53.7 Å². The van der Waals surface area contributed by atoms with E-state index in [1.807, 2.05) is 48.2 Å². The van der Waals surface area contributed by atoms with Gasteiger partial charge in [0.1, 0.15) is 5.82 Å². The molecule has 132 valence electrons. The van der Waals surface area contributed by atoms with Crippen LogP contribution in [0.5, 0.6) is 0 Å². The molecule has 2 amide bonds. The maximum atomic E-state index is 12.6. The van der Waals surface area contributed by atoms with Gasteiger partial charge in [-0.05, 0) is 36.6 Å². The number of nitrogens with one attached hydrogen (secondary N) is 1. The fraction of sp³-hybridized carbons (Fsp3) is 0.400. The largest absolute Gasteiger partial charge is 0.353 e. The monoisotopic (exact) mass is 338 g/mol. The van der Waals surface area contributed by atoms with Crippen molar-refractivity contribution >= 4 is 17.5 Å². The normalized spacial score (nSPS) is 14.7. The second-order valence-corrected chi connectivity index (χ2v) is 6.78. The number of para-hydroxylation sites is 1. The molecule has 1 fully saturated rings. The average molecular weight is 338 g/mol. The summed E-state index contributed by atoms with van der Waals surface area (Å²) in [4.78, 5) is 21.3. The van der Waals surface area contributed by atoms with E-state index in [4.69, 9.17) is 0 Å². The van der Waals surface area contributed by atoms with Crippen LogP contribution in [-0.4, -0.2) is 42.1 Å². The van der Waals surface area contributed by atoms with E-state index < -0.39 is 0 Å². The van der Waals surface area contributed by atoms with Gasteiger partial charge >= 0.3 is 6.03 Å². The Balaban J connectivity index is 1.61. The number of hydrogen-bond donors (Lipinski definition) is 1. The van der Waals surface area contributed by atoms with E-state index in [-0.39, 0.29) is 6.03 Å². The zero-order chi connectivity index (χ0) is 17.8. The van der Waals surface area contributed by atoms with Gasteiger partial charge in [-0.25, -0.2) is 9.78 Å². The summed E-state index contributed by atoms with van der Waals surface area (Å²) in [6.45, 7) is 9.28. The van der Waals surface area contributed by atoms with Crippen molar-refractivity contribution < 1.29 is 4.79 Å². The van der Waals surface area contributed by atoms with Gasteiger partial charge in [0, 0.05) is 37.6 Å². The maximum absolute atomic E-state index is 12.6. The first-order valence-corrected chi connectivity index (χ1v) is 8.88. The van der Waals surface area contributed by atoms with Crippen molar-refractivity contribution in [2.24, 2.45) is 0 Å². The minimum atomic E-state index is -0.0232. The zero-order valence-corrected chi connectivity index (χ0v) is 15.2. The van der Waals surface area contributed by atoms with Crippen LogP contribution in [0.15, 0.2) is 42.5 Å². The first kappa shape index (κ1) is 17.3. The van der Waals surface area contributed by atoms with Gasteiger partial charge in [0.25, 0.3) is 0 Å². The van der Waals surface area contributed by atoms with Gasteiger partial charge in [-0.15, -0.1) is 0 Å². The smallest absolute Gasteiger partial charge is 0.321 e. The lowest BCUT2D eigenvalue weighted by molar-refractivity contribution is 0.208. The molecule has 1 aromatic carbocycles. The molecule has 5 nitrogen and oxygen atoms in total. The standard InChI is InChI=1S/C20H26N4O/c1-15(2)17-8-4-5-9-18(17)22-20(25)24-13-11-23(12-14-24)19-10-6-7-16(3)21-19/h4-10,15H,11-14H2,1-3H3,(H,22,25). The highest BCUT2D eigenvalue weighted by atomic mass is 16.2. The number of hydrogen-bond acceptors (Lipinski definition) is 3. The summed E-state index contributed by atoms with van der Waals surface area (Å²) in [6, 6.07) is 14.1. The topological polar surface area (TPSA) is 48.5 Å². The molecule has 1 saturated heterocycles. The Morgan fingerprint density at radius 2 is 1.76 bits per heavy atom. The molecule has 5 heteroatoms. The minimum absolute atomic E-state index is 0.0232. The Kier molecular flexibility index (Phi) is 5.22. The maximum Gasteiger partial charge on any atom is 0.321 e. The number of nitrogens with zero attached hydrogens (tertiary/aromatic N) is 3. The van der Waals surface area contributed by atoms with Gasteiger partial charge < -0.3 is 15.1 Å². The summed E-state index contributed by atoms with van der Waals surface area (Å²) >= 11 is 0. The predicted molar refractivity (Wildman–Crippen MR) is 102 cm³/mol. The molecule has 0 unspecified atom stereocenters. The number of rotatable bonds is 3. The molecule has 0 aliphatic carbocycles. The number of anilines is 2. The summed E-state index contributed by atoms with van der Waals surface area (Å²) in [5, 5.41) is 3.08. The third-order valence-corrected chi connectivity index (χ3v) is 4.59. The van der Waals surface area contributed by atoms with E-state index in [1.165, 1.54) is 5.56 Å². The lowest BCUT2D eigenvalue weighted by atomic mass is 10.0. The Labute approximate surface area is 149 Å². The Bertz CT molecular complexity index is 736. The third-order valence-electron chi connectivity index (χ3n) is 4.59. The second-order valence-electron chi connectivity index (χ2n) is 6.78. The second kappa shape index (κ2) is 7.55. The van der Waals surface area contributed by atoms with E-state index in [0.717, 1.165) is 30.3 Å². The molecule has 1 aliphatic rings. The number of aromatic nitrogens is 1. The summed E-state index contributed by atoms with van der Waals surface area (Å²) in [5.74, 6) is 1.37. The molecular formula is C20H26N4O. The molecule has 25 heavy (non-hydrogen) atoms. The Morgan fingerprint density at radius 3 is 2.44 bits per heavy atom. The van der Waals surface area contributed by atoms with Crippen LogP contribution >= 0.6 is 0 Å². The van der Waals surface area contributed by atoms with Crippen LogP contribution in [0.4, 0.5) is 16.3 Å². The molecule has 3 rings (SSSR count). The van der Waals surface area contributed by atoms with Crippen LogP contribution in [-0.2, 0) is 0 Å². The van der Waals surface area contributed by atoms with E-state index in [1.54, 1.807) is 0 Å². The summed E-state index contributed by atoms with van der Waals surface area (Å²) in [7, 11) is 0. The van der Waals surface area contributed by atoms with Crippen LogP contribution in [0, 0.1) is 6.92 Å². The van der Waals surface area contributed by atoms with Crippen molar-refractivity contribution in [1.82, 2.24) is 9.88 Å². The molecule has 1 aromatic heterocycles. The molecule has 1 aliphatic heterocycles. The van der Waals surface area contributed by atoms with Gasteiger partial charge in [-0.3, -0.25) is 0 Å². The Hall–Kier alpha value is -2.56. The number of urea groups is 1. The van der Waals surface area contributed by atoms with E-state index in [0.29, 0.717) is 19.0 Å². The average Bonchev–Trinajstić information content (AvgIpc) is 2.62. The van der Waals surface area contributed by atoms with Crippen LogP contribution in [0.1, 0.15) is 31.0 Å². The zero-order valence-electron chi connectivity index (χ0n) is 15.2. The van der Waals surface area contributed by atoms with Gasteiger partial charge in [0.05, 0.1) is 0 Å². The van der Waals surface area contributed by atoms with Gasteiger partial charge in [-0.2, -0.15) is 0 Å². The lowest BCUT2D eigenvalue weighted by Crippen LogP contribution is -2.50. The van der Waals surface area contributed by atoms with E-state index in [2.05, 4.69) is 35.1 Å². The number of piperazine rings is 1. The van der Waals surface area contributed by atoms with Gasteiger partial charge in [-0.1, -0.05) is 38.1 Å². The number of amides is 2. The van der Waals surface area contributed by atoms with Crippen LogP contribution in [0.25, 0.3) is 0 Å². The molecule has 1 N–H and O–H groups in total. The number of pyridine rings is 1. The number of benzene rings is 1. The van der Waals surface area contributed by atoms with Crippen LogP contribution < -0.4 is 10.2 Å². The highest BCUT2D eigenvalue weighted by Gasteiger charge is 2.22. The first-order chi connectivity index (χ1) is 12.0. The minimum Gasteiger partial charge on any atom is -0.353 e. The van der Waals surface area contributed by atoms with Crippen molar-refractivity contribution in [2.45, 2.75) is 26.7 Å². The van der Waals surface area contributed by atoms with Gasteiger partial charge in [0.15, 0.2) is 0 Å². The van der Waals surface area contributed by atoms with E-state index >= 15 is 0 Å². The highest BCUT2D eigenvalue weighted by molar-refractivity contribution is 5.90. The molecule has 0 spiro atoms. The summed E-state index contributed by atoms with van der Waals surface area (Å²) < 4.78 is 0. The third kappa shape index (κ3) is 4.10. The van der Waals surface area contributed by atoms with Crippen molar-refractivity contribution in [2.75, 3.05) is 36.4 Å². The fourth-order valence-electron chi connectivity index (χ4n) is 3.15. The van der Waals surface area contributed by atoms with Crippen molar-refractivity contribution in [3.8, 4) is 0 Å². The van der Waals surface area contributed by atoms with Crippen molar-refractivity contribution in [1.29, 1.82) is 0 Å². The lowest BCUT2D eigenvalue weighted by Gasteiger charge is -2.35. The molecule has 2 aromatic rings. The van der Waals surface area contributed by atoms with Gasteiger partial charge in [0.2, 0.25) is 0 Å². The quantitative estimate of drug-likeness (QED) is 0.924. The van der Waals surface area contributed by atoms with Crippen LogP contribution in [0.3, 0.4) is 0 Å². The number of aryl methyl sites for hydroxylation is 1. The number of carbonyl (C=O) groups is 1. The molecule has 0 bridgehead atoms. The molecule has 2 heterocycles. The number of carbonyl (C=O) groups excluding carboxylic acids is 1. The Morgan fingerprint density at radius 1 is 1.04 bits per heavy atom. The fourth-order valence-corrected chi connectivity index (χ4v) is 3.15. The molecule has 0 radical (unpaired) electrons. The molecule has 0 atom stereocenters. The predicted octanol–water partition coefficient (Wildman–Crippen LogP) is 3.87. The summed E-state index contributed by atoms with van der Waals surface area (Å²) in [6.07, 6.45) is 0. The first-order valence-electron chi connectivity index (χ1n) is 8.88. The van der Waals surface area contributed by atoms with Crippen molar-refractivity contribution in [3.63, 3.8) is 0 Å². The molecular weight excluding hydrogens is 312 g/mol. The SMILES string of the molecule is Cc1cccc(N2CCN(C(=O)Nc3ccccc3C(C)C)CC2)n1. The van der Waals surface area contributed by atoms with E-state index in [9.17, 15) is 4.79 Å². The summed E-state index contributed by atoms with van der Waals surface area (Å²) in [5.41, 5.74) is 3.09. The molecule has 0 saturated carbocycles. The highest BCUT2D eigenvalue weighted by Crippen LogP contribution is 2.24.